The van der Waals surface area contributed by atoms with Gasteiger partial charge in [-0.3, -0.25) is 18.7 Å². The number of hydrogen-bond acceptors (Lipinski definition) is 3. The molecule has 1 aromatic carbocycles. The summed E-state index contributed by atoms with van der Waals surface area (Å²) >= 11 is 3.12. The van der Waals surface area contributed by atoms with Gasteiger partial charge >= 0.3 is 5.69 Å². The van der Waals surface area contributed by atoms with E-state index < -0.39 is 22.8 Å². The number of nitrogens with zero attached hydrogens (tertiary/aromatic N) is 2. The van der Waals surface area contributed by atoms with Crippen LogP contribution in [0.3, 0.4) is 0 Å². The topological polar surface area (TPSA) is 61.1 Å². The van der Waals surface area contributed by atoms with E-state index in [2.05, 4.69) is 15.9 Å². The summed E-state index contributed by atoms with van der Waals surface area (Å²) in [5.74, 6) is -0.875. The number of carbonyl (C=O) groups is 1. The van der Waals surface area contributed by atoms with E-state index >= 15 is 0 Å². The first kappa shape index (κ1) is 15.4. The Balaban J connectivity index is 2.60. The molecule has 5 nitrogen and oxygen atoms in total. The second-order valence-corrected chi connectivity index (χ2v) is 5.38. The van der Waals surface area contributed by atoms with E-state index in [-0.39, 0.29) is 16.6 Å². The van der Waals surface area contributed by atoms with Gasteiger partial charge in [-0.1, -0.05) is 12.1 Å². The van der Waals surface area contributed by atoms with E-state index in [0.717, 1.165) is 4.57 Å². The monoisotopic (exact) mass is 354 g/mol. The van der Waals surface area contributed by atoms with Gasteiger partial charge in [-0.05, 0) is 34.5 Å². The number of rotatable bonds is 3. The summed E-state index contributed by atoms with van der Waals surface area (Å²) < 4.78 is 15.8. The van der Waals surface area contributed by atoms with Gasteiger partial charge in [0, 0.05) is 13.2 Å². The number of halogens is 2. The zero-order valence-electron chi connectivity index (χ0n) is 11.4. The normalized spacial score (nSPS) is 10.7. The molecule has 110 valence electrons. The number of ketones is 1. The molecule has 0 bridgehead atoms. The predicted octanol–water partition coefficient (Wildman–Crippen LogP) is 1.70. The van der Waals surface area contributed by atoms with Crippen molar-refractivity contribution in [3.8, 4) is 0 Å². The highest BCUT2D eigenvalue weighted by atomic mass is 79.9. The fourth-order valence-electron chi connectivity index (χ4n) is 1.94. The summed E-state index contributed by atoms with van der Waals surface area (Å²) in [6.07, 6.45) is 1.21. The summed E-state index contributed by atoms with van der Waals surface area (Å²) in [4.78, 5) is 35.3. The highest BCUT2D eigenvalue weighted by Crippen LogP contribution is 2.20. The Morgan fingerprint density at radius 1 is 1.33 bits per heavy atom. The first-order chi connectivity index (χ1) is 9.82. The van der Waals surface area contributed by atoms with E-state index in [1.807, 2.05) is 0 Å². The number of hydrogen-bond donors (Lipinski definition) is 0. The number of Topliss-reactive ketones (excluding diaryl/α,β-unsaturated/α-hetero) is 1. The third kappa shape index (κ3) is 2.87. The van der Waals surface area contributed by atoms with Crippen LogP contribution >= 0.6 is 15.9 Å². The predicted molar refractivity (Wildman–Crippen MR) is 79.1 cm³/mol. The molecule has 1 heterocycles. The summed E-state index contributed by atoms with van der Waals surface area (Å²) in [6.45, 7) is 1.30. The van der Waals surface area contributed by atoms with Gasteiger partial charge in [-0.15, -0.1) is 0 Å². The molecule has 0 aliphatic rings. The third-order valence-corrected chi connectivity index (χ3v) is 3.99. The van der Waals surface area contributed by atoms with Crippen molar-refractivity contribution in [3.63, 3.8) is 0 Å². The molecule has 0 unspecified atom stereocenters. The molecular formula is C14H12BrFN2O3. The Bertz CT molecular complexity index is 839. The fraction of sp³-hybridized carbons (Fsp3) is 0.214. The quantitative estimate of drug-likeness (QED) is 0.788. The minimum absolute atomic E-state index is 0.0472. The summed E-state index contributed by atoms with van der Waals surface area (Å²) in [6, 6.07) is 4.46. The maximum absolute atomic E-state index is 13.5. The average molecular weight is 355 g/mol. The Labute approximate surface area is 127 Å². The summed E-state index contributed by atoms with van der Waals surface area (Å²) in [7, 11) is 1.30. The SMILES string of the molecule is CC(=O)c1cn(Cc2cccc(F)c2Br)c(=O)n(C)c1=O. The van der Waals surface area contributed by atoms with Crippen molar-refractivity contribution in [2.45, 2.75) is 13.5 Å². The molecule has 0 atom stereocenters. The zero-order valence-corrected chi connectivity index (χ0v) is 13.0. The molecule has 7 heteroatoms. The van der Waals surface area contributed by atoms with Gasteiger partial charge < -0.3 is 0 Å². The lowest BCUT2D eigenvalue weighted by molar-refractivity contribution is 0.101. The van der Waals surface area contributed by atoms with E-state index in [9.17, 15) is 18.8 Å². The molecule has 0 fully saturated rings. The first-order valence-electron chi connectivity index (χ1n) is 6.07. The van der Waals surface area contributed by atoms with E-state index in [1.54, 1.807) is 6.07 Å². The molecular weight excluding hydrogens is 343 g/mol. The molecule has 0 N–H and O–H groups in total. The fourth-order valence-corrected chi connectivity index (χ4v) is 2.33. The van der Waals surface area contributed by atoms with E-state index in [1.165, 1.54) is 36.9 Å². The summed E-state index contributed by atoms with van der Waals surface area (Å²) in [5.41, 5.74) is -0.752. The van der Waals surface area contributed by atoms with Gasteiger partial charge in [0.2, 0.25) is 0 Å². The van der Waals surface area contributed by atoms with Gasteiger partial charge in [0.15, 0.2) is 5.78 Å². The lowest BCUT2D eigenvalue weighted by Crippen LogP contribution is -2.40. The van der Waals surface area contributed by atoms with Crippen molar-refractivity contribution < 1.29 is 9.18 Å². The lowest BCUT2D eigenvalue weighted by atomic mass is 10.2. The van der Waals surface area contributed by atoms with Crippen molar-refractivity contribution in [1.29, 1.82) is 0 Å². The van der Waals surface area contributed by atoms with Crippen LogP contribution in [-0.4, -0.2) is 14.9 Å². The first-order valence-corrected chi connectivity index (χ1v) is 6.86. The highest BCUT2D eigenvalue weighted by molar-refractivity contribution is 9.10. The molecule has 0 spiro atoms. The Hall–Kier alpha value is -2.02. The average Bonchev–Trinajstić information content (AvgIpc) is 2.43. The molecule has 21 heavy (non-hydrogen) atoms. The highest BCUT2D eigenvalue weighted by Gasteiger charge is 2.14. The third-order valence-electron chi connectivity index (χ3n) is 3.10. The van der Waals surface area contributed by atoms with Crippen molar-refractivity contribution in [2.75, 3.05) is 0 Å². The minimum Gasteiger partial charge on any atom is -0.295 e. The van der Waals surface area contributed by atoms with Gasteiger partial charge in [-0.2, -0.15) is 0 Å². The Kier molecular flexibility index (Phi) is 4.22. The summed E-state index contributed by atoms with van der Waals surface area (Å²) in [5, 5.41) is 0. The largest absolute Gasteiger partial charge is 0.331 e. The smallest absolute Gasteiger partial charge is 0.295 e. The molecule has 0 saturated heterocycles. The maximum atomic E-state index is 13.5. The van der Waals surface area contributed by atoms with Crippen LogP contribution in [0.15, 0.2) is 38.5 Å². The van der Waals surface area contributed by atoms with Crippen molar-refractivity contribution in [3.05, 3.63) is 66.7 Å². The Morgan fingerprint density at radius 2 is 2.00 bits per heavy atom. The number of benzene rings is 1. The van der Waals surface area contributed by atoms with Crippen LogP contribution in [0.2, 0.25) is 0 Å². The minimum atomic E-state index is -0.637. The second kappa shape index (κ2) is 5.77. The molecule has 1 aromatic heterocycles. The molecule has 0 aliphatic carbocycles. The molecule has 0 saturated carbocycles. The lowest BCUT2D eigenvalue weighted by Gasteiger charge is -2.11. The molecule has 0 amide bonds. The number of carbonyl (C=O) groups excluding carboxylic acids is 1. The van der Waals surface area contributed by atoms with Crippen LogP contribution in [0.4, 0.5) is 4.39 Å². The van der Waals surface area contributed by atoms with Gasteiger partial charge in [0.25, 0.3) is 5.56 Å². The van der Waals surface area contributed by atoms with Gasteiger partial charge in [0.1, 0.15) is 5.82 Å². The van der Waals surface area contributed by atoms with E-state index in [0.29, 0.717) is 5.56 Å². The van der Waals surface area contributed by atoms with Crippen LogP contribution in [-0.2, 0) is 13.6 Å². The maximum Gasteiger partial charge on any atom is 0.331 e. The van der Waals surface area contributed by atoms with Gasteiger partial charge in [0.05, 0.1) is 16.6 Å². The second-order valence-electron chi connectivity index (χ2n) is 4.59. The molecule has 2 aromatic rings. The van der Waals surface area contributed by atoms with Crippen molar-refractivity contribution >= 4 is 21.7 Å². The van der Waals surface area contributed by atoms with Crippen molar-refractivity contribution in [2.24, 2.45) is 7.05 Å². The Morgan fingerprint density at radius 3 is 2.62 bits per heavy atom. The van der Waals surface area contributed by atoms with Gasteiger partial charge in [-0.25, -0.2) is 9.18 Å². The molecule has 2 rings (SSSR count). The van der Waals surface area contributed by atoms with Crippen LogP contribution < -0.4 is 11.2 Å². The van der Waals surface area contributed by atoms with Crippen LogP contribution in [0.25, 0.3) is 0 Å². The molecule has 0 aliphatic heterocycles. The zero-order chi connectivity index (χ0) is 15.7. The van der Waals surface area contributed by atoms with Crippen LogP contribution in [0.1, 0.15) is 22.8 Å². The van der Waals surface area contributed by atoms with E-state index in [4.69, 9.17) is 0 Å². The molecule has 0 radical (unpaired) electrons. The number of aromatic nitrogens is 2. The van der Waals surface area contributed by atoms with Crippen molar-refractivity contribution in [1.82, 2.24) is 9.13 Å². The van der Waals surface area contributed by atoms with Crippen LogP contribution in [0, 0.1) is 5.82 Å². The van der Waals surface area contributed by atoms with Crippen LogP contribution in [0.5, 0.6) is 0 Å². The standard InChI is InChI=1S/C14H12BrFN2O3/c1-8(19)10-7-18(14(21)17(2)13(10)20)6-9-4-3-5-11(16)12(9)15/h3-5,7H,6H2,1-2H3.